The van der Waals surface area contributed by atoms with Crippen molar-refractivity contribution in [2.75, 3.05) is 5.75 Å². The van der Waals surface area contributed by atoms with Crippen molar-refractivity contribution in [1.29, 1.82) is 5.26 Å². The van der Waals surface area contributed by atoms with Crippen LogP contribution in [0.2, 0.25) is 0 Å². The zero-order chi connectivity index (χ0) is 9.68. The second-order valence-corrected chi connectivity index (χ2v) is 3.15. The number of rotatable bonds is 2. The summed E-state index contributed by atoms with van der Waals surface area (Å²) in [5.41, 5.74) is 2.85. The molecule has 13 heavy (non-hydrogen) atoms. The van der Waals surface area contributed by atoms with E-state index in [0.717, 1.165) is 11.1 Å². The standard InChI is InChI=1S/C11H11NS/c1-9-4-5-11(8-12)10(7-9)3-2-6-13/h2-5,7,13H,6H2,1H3. The number of thiol groups is 1. The quantitative estimate of drug-likeness (QED) is 0.711. The minimum atomic E-state index is 0.693. The van der Waals surface area contributed by atoms with Crippen LogP contribution in [0.1, 0.15) is 16.7 Å². The molecule has 0 atom stereocenters. The second-order valence-electron chi connectivity index (χ2n) is 2.79. The van der Waals surface area contributed by atoms with Crippen molar-refractivity contribution in [3.05, 3.63) is 41.0 Å². The third-order valence-electron chi connectivity index (χ3n) is 1.73. The zero-order valence-electron chi connectivity index (χ0n) is 7.49. The van der Waals surface area contributed by atoms with Crippen LogP contribution in [0.25, 0.3) is 6.08 Å². The topological polar surface area (TPSA) is 23.8 Å². The molecule has 0 saturated carbocycles. The lowest BCUT2D eigenvalue weighted by Crippen LogP contribution is -1.83. The largest absolute Gasteiger partial charge is 0.192 e. The Labute approximate surface area is 84.1 Å². The molecule has 0 aliphatic carbocycles. The summed E-state index contributed by atoms with van der Waals surface area (Å²) in [5, 5.41) is 8.81. The molecular weight excluding hydrogens is 178 g/mol. The molecule has 66 valence electrons. The van der Waals surface area contributed by atoms with Crippen molar-refractivity contribution in [1.82, 2.24) is 0 Å². The van der Waals surface area contributed by atoms with Crippen LogP contribution in [0.3, 0.4) is 0 Å². The highest BCUT2D eigenvalue weighted by molar-refractivity contribution is 7.80. The summed E-state index contributed by atoms with van der Waals surface area (Å²) in [6, 6.07) is 7.94. The summed E-state index contributed by atoms with van der Waals surface area (Å²) in [4.78, 5) is 0. The average molecular weight is 189 g/mol. The van der Waals surface area contributed by atoms with Gasteiger partial charge in [-0.2, -0.15) is 17.9 Å². The molecule has 0 fully saturated rings. The predicted molar refractivity (Wildman–Crippen MR) is 58.8 cm³/mol. The third kappa shape index (κ3) is 2.64. The summed E-state index contributed by atoms with van der Waals surface area (Å²) in [7, 11) is 0. The molecule has 1 rings (SSSR count). The van der Waals surface area contributed by atoms with Crippen molar-refractivity contribution >= 4 is 18.7 Å². The number of aryl methyl sites for hydroxylation is 1. The molecule has 0 aliphatic heterocycles. The Bertz CT molecular complexity index is 361. The van der Waals surface area contributed by atoms with Gasteiger partial charge in [0.1, 0.15) is 0 Å². The van der Waals surface area contributed by atoms with E-state index in [1.807, 2.05) is 37.3 Å². The molecule has 1 nitrogen and oxygen atoms in total. The Hall–Kier alpha value is -1.20. The first kappa shape index (κ1) is 9.88. The minimum absolute atomic E-state index is 0.693. The summed E-state index contributed by atoms with van der Waals surface area (Å²) in [5.74, 6) is 0.693. The fourth-order valence-electron chi connectivity index (χ4n) is 1.10. The SMILES string of the molecule is Cc1ccc(C#N)c(C=CCS)c1. The number of nitrogens with zero attached hydrogens (tertiary/aromatic N) is 1. The van der Waals surface area contributed by atoms with E-state index in [0.29, 0.717) is 11.3 Å². The molecule has 0 heterocycles. The maximum absolute atomic E-state index is 8.81. The highest BCUT2D eigenvalue weighted by atomic mass is 32.1. The van der Waals surface area contributed by atoms with E-state index in [1.54, 1.807) is 0 Å². The Balaban J connectivity index is 3.10. The van der Waals surface area contributed by atoms with Gasteiger partial charge in [0.25, 0.3) is 0 Å². The van der Waals surface area contributed by atoms with Gasteiger partial charge in [-0.15, -0.1) is 0 Å². The van der Waals surface area contributed by atoms with E-state index in [9.17, 15) is 0 Å². The summed E-state index contributed by atoms with van der Waals surface area (Å²) >= 11 is 4.07. The van der Waals surface area contributed by atoms with E-state index in [4.69, 9.17) is 5.26 Å². The van der Waals surface area contributed by atoms with E-state index < -0.39 is 0 Å². The zero-order valence-corrected chi connectivity index (χ0v) is 8.38. The van der Waals surface area contributed by atoms with Crippen LogP contribution in [0, 0.1) is 18.3 Å². The van der Waals surface area contributed by atoms with Gasteiger partial charge in [0.2, 0.25) is 0 Å². The predicted octanol–water partition coefficient (Wildman–Crippen LogP) is 2.81. The molecule has 0 N–H and O–H groups in total. The van der Waals surface area contributed by atoms with E-state index in [-0.39, 0.29) is 0 Å². The Morgan fingerprint density at radius 3 is 2.92 bits per heavy atom. The van der Waals surface area contributed by atoms with Gasteiger partial charge in [-0.3, -0.25) is 0 Å². The lowest BCUT2D eigenvalue weighted by Gasteiger charge is -1.98. The molecule has 2 heteroatoms. The molecule has 0 spiro atoms. The summed E-state index contributed by atoms with van der Waals surface area (Å²) in [6.07, 6.45) is 3.86. The molecular formula is C11H11NS. The van der Waals surface area contributed by atoms with Crippen molar-refractivity contribution in [3.8, 4) is 6.07 Å². The average Bonchev–Trinajstić information content (AvgIpc) is 2.15. The minimum Gasteiger partial charge on any atom is -0.192 e. The molecule has 0 saturated heterocycles. The maximum Gasteiger partial charge on any atom is 0.0997 e. The fraction of sp³-hybridized carbons (Fsp3) is 0.182. The van der Waals surface area contributed by atoms with Crippen LogP contribution < -0.4 is 0 Å². The lowest BCUT2D eigenvalue weighted by atomic mass is 10.1. The first-order chi connectivity index (χ1) is 6.27. The first-order valence-corrected chi connectivity index (χ1v) is 4.69. The monoisotopic (exact) mass is 189 g/mol. The van der Waals surface area contributed by atoms with Crippen molar-refractivity contribution in [2.24, 2.45) is 0 Å². The van der Waals surface area contributed by atoms with E-state index in [1.165, 1.54) is 0 Å². The first-order valence-electron chi connectivity index (χ1n) is 4.06. The van der Waals surface area contributed by atoms with E-state index in [2.05, 4.69) is 18.7 Å². The van der Waals surface area contributed by atoms with Crippen LogP contribution in [0.4, 0.5) is 0 Å². The van der Waals surface area contributed by atoms with Gasteiger partial charge in [0, 0.05) is 5.75 Å². The molecule has 0 unspecified atom stereocenters. The Morgan fingerprint density at radius 2 is 2.31 bits per heavy atom. The molecule has 0 bridgehead atoms. The lowest BCUT2D eigenvalue weighted by molar-refractivity contribution is 1.41. The van der Waals surface area contributed by atoms with Crippen LogP contribution >= 0.6 is 12.6 Å². The summed E-state index contributed by atoms with van der Waals surface area (Å²) in [6.45, 7) is 2.01. The molecule has 1 aromatic rings. The molecule has 1 aromatic carbocycles. The molecule has 0 amide bonds. The maximum atomic E-state index is 8.81. The van der Waals surface area contributed by atoms with Gasteiger partial charge in [0.05, 0.1) is 11.6 Å². The number of nitriles is 1. The molecule has 0 aliphatic rings. The highest BCUT2D eigenvalue weighted by Gasteiger charge is 1.97. The third-order valence-corrected chi connectivity index (χ3v) is 1.94. The smallest absolute Gasteiger partial charge is 0.0997 e. The Kier molecular flexibility index (Phi) is 3.60. The van der Waals surface area contributed by atoms with Crippen molar-refractivity contribution in [2.45, 2.75) is 6.92 Å². The fourth-order valence-corrected chi connectivity index (χ4v) is 1.21. The molecule has 0 aromatic heterocycles. The van der Waals surface area contributed by atoms with Gasteiger partial charge >= 0.3 is 0 Å². The second kappa shape index (κ2) is 4.74. The van der Waals surface area contributed by atoms with Gasteiger partial charge in [-0.1, -0.05) is 29.8 Å². The van der Waals surface area contributed by atoms with Crippen LogP contribution in [-0.2, 0) is 0 Å². The van der Waals surface area contributed by atoms with Gasteiger partial charge < -0.3 is 0 Å². The number of benzene rings is 1. The number of hydrogen-bond donors (Lipinski definition) is 1. The van der Waals surface area contributed by atoms with Crippen LogP contribution in [-0.4, -0.2) is 5.75 Å². The summed E-state index contributed by atoms with van der Waals surface area (Å²) < 4.78 is 0. The van der Waals surface area contributed by atoms with Crippen LogP contribution in [0.15, 0.2) is 24.3 Å². The van der Waals surface area contributed by atoms with Gasteiger partial charge in [0.15, 0.2) is 0 Å². The normalized spacial score (nSPS) is 10.2. The van der Waals surface area contributed by atoms with Crippen LogP contribution in [0.5, 0.6) is 0 Å². The molecule has 0 radical (unpaired) electrons. The van der Waals surface area contributed by atoms with Crippen molar-refractivity contribution in [3.63, 3.8) is 0 Å². The Morgan fingerprint density at radius 1 is 1.54 bits per heavy atom. The highest BCUT2D eigenvalue weighted by Crippen LogP contribution is 2.12. The van der Waals surface area contributed by atoms with Crippen molar-refractivity contribution < 1.29 is 0 Å². The van der Waals surface area contributed by atoms with Gasteiger partial charge in [-0.05, 0) is 18.6 Å². The van der Waals surface area contributed by atoms with Gasteiger partial charge in [-0.25, -0.2) is 0 Å². The van der Waals surface area contributed by atoms with E-state index >= 15 is 0 Å². The number of hydrogen-bond acceptors (Lipinski definition) is 2.